The third-order valence-electron chi connectivity index (χ3n) is 3.74. The van der Waals surface area contributed by atoms with Crippen LogP contribution < -0.4 is 5.73 Å². The van der Waals surface area contributed by atoms with Gasteiger partial charge >= 0.3 is 0 Å². The molecule has 1 aromatic carbocycles. The summed E-state index contributed by atoms with van der Waals surface area (Å²) in [5.41, 5.74) is 7.34. The van der Waals surface area contributed by atoms with E-state index >= 15 is 0 Å². The fraction of sp³-hybridized carbons (Fsp3) is 0.500. The van der Waals surface area contributed by atoms with E-state index in [1.165, 1.54) is 0 Å². The smallest absolute Gasteiger partial charge is 0.227 e. The second-order valence-corrected chi connectivity index (χ2v) is 5.23. The molecule has 0 radical (unpaired) electrons. The molecule has 0 bridgehead atoms. The van der Waals surface area contributed by atoms with Crippen molar-refractivity contribution in [3.05, 3.63) is 41.5 Å². The first-order valence-electron chi connectivity index (χ1n) is 7.39. The molecule has 2 aromatic rings. The molecule has 1 aromatic heterocycles. The molecular weight excluding hydrogens is 266 g/mol. The average Bonchev–Trinajstić information content (AvgIpc) is 2.96. The Morgan fingerprint density at radius 2 is 2.00 bits per heavy atom. The molecule has 5 nitrogen and oxygen atoms in total. The summed E-state index contributed by atoms with van der Waals surface area (Å²) in [7, 11) is 0. The van der Waals surface area contributed by atoms with E-state index in [0.29, 0.717) is 24.7 Å². The van der Waals surface area contributed by atoms with E-state index in [1.54, 1.807) is 0 Å². The summed E-state index contributed by atoms with van der Waals surface area (Å²) in [6.07, 6.45) is 2.25. The predicted octanol–water partition coefficient (Wildman–Crippen LogP) is 3.10. The van der Waals surface area contributed by atoms with Gasteiger partial charge in [-0.15, -0.1) is 0 Å². The minimum absolute atomic E-state index is 0.484. The van der Waals surface area contributed by atoms with Crippen LogP contribution in [0.15, 0.2) is 28.8 Å². The van der Waals surface area contributed by atoms with Crippen LogP contribution in [-0.2, 0) is 23.2 Å². The molecule has 1 unspecified atom stereocenters. The molecule has 5 heteroatoms. The van der Waals surface area contributed by atoms with Crippen LogP contribution in [0.2, 0.25) is 0 Å². The first-order chi connectivity index (χ1) is 10.1. The lowest BCUT2D eigenvalue weighted by Crippen LogP contribution is -2.26. The van der Waals surface area contributed by atoms with Crippen molar-refractivity contribution < 1.29 is 9.26 Å². The van der Waals surface area contributed by atoms with Crippen molar-refractivity contribution in [1.29, 1.82) is 0 Å². The number of hydrogen-bond donors (Lipinski definition) is 1. The normalized spacial score (nSPS) is 14.0. The molecule has 114 valence electrons. The molecule has 0 aliphatic heterocycles. The number of nitrogen functional groups attached to an aromatic ring is 1. The lowest BCUT2D eigenvalue weighted by Gasteiger charge is -2.23. The maximum absolute atomic E-state index is 5.93. The molecule has 0 spiro atoms. The van der Waals surface area contributed by atoms with Gasteiger partial charge in [0.25, 0.3) is 0 Å². The SMILES string of the molecule is CCOC(C)(CC)c1noc(CCc2ccccc2N)n1. The maximum Gasteiger partial charge on any atom is 0.227 e. The van der Waals surface area contributed by atoms with Gasteiger partial charge in [-0.3, -0.25) is 0 Å². The number of para-hydroxylation sites is 1. The number of hydrogen-bond acceptors (Lipinski definition) is 5. The number of nitrogens with zero attached hydrogens (tertiary/aromatic N) is 2. The van der Waals surface area contributed by atoms with Crippen molar-refractivity contribution >= 4 is 5.69 Å². The highest BCUT2D eigenvalue weighted by atomic mass is 16.5. The molecule has 0 fully saturated rings. The number of aromatic nitrogens is 2. The van der Waals surface area contributed by atoms with Crippen molar-refractivity contribution in [3.63, 3.8) is 0 Å². The van der Waals surface area contributed by atoms with E-state index in [-0.39, 0.29) is 0 Å². The topological polar surface area (TPSA) is 74.2 Å². The number of benzene rings is 1. The van der Waals surface area contributed by atoms with Gasteiger partial charge in [-0.05, 0) is 38.3 Å². The average molecular weight is 289 g/mol. The van der Waals surface area contributed by atoms with Crippen molar-refractivity contribution in [2.24, 2.45) is 0 Å². The summed E-state index contributed by atoms with van der Waals surface area (Å²) in [6.45, 7) is 6.62. The van der Waals surface area contributed by atoms with E-state index in [0.717, 1.165) is 24.1 Å². The second kappa shape index (κ2) is 6.72. The van der Waals surface area contributed by atoms with E-state index in [9.17, 15) is 0 Å². The van der Waals surface area contributed by atoms with Crippen molar-refractivity contribution in [1.82, 2.24) is 10.1 Å². The van der Waals surface area contributed by atoms with E-state index in [2.05, 4.69) is 17.1 Å². The van der Waals surface area contributed by atoms with Gasteiger partial charge in [0.15, 0.2) is 0 Å². The molecule has 1 atom stereocenters. The number of aryl methyl sites for hydroxylation is 2. The van der Waals surface area contributed by atoms with Gasteiger partial charge in [-0.2, -0.15) is 4.98 Å². The largest absolute Gasteiger partial charge is 0.399 e. The van der Waals surface area contributed by atoms with E-state index < -0.39 is 5.60 Å². The standard InChI is InChI=1S/C16H23N3O2/c1-4-16(3,20-5-2)15-18-14(21-19-15)11-10-12-8-6-7-9-13(12)17/h6-9H,4-5,10-11,17H2,1-3H3. The van der Waals surface area contributed by atoms with Crippen LogP contribution in [-0.4, -0.2) is 16.7 Å². The molecule has 21 heavy (non-hydrogen) atoms. The lowest BCUT2D eigenvalue weighted by atomic mass is 10.0. The molecule has 0 aliphatic rings. The highest BCUT2D eigenvalue weighted by Crippen LogP contribution is 2.26. The van der Waals surface area contributed by atoms with Crippen LogP contribution in [0.25, 0.3) is 0 Å². The summed E-state index contributed by atoms with van der Waals surface area (Å²) in [4.78, 5) is 4.47. The molecule has 1 heterocycles. The Hall–Kier alpha value is -1.88. The minimum Gasteiger partial charge on any atom is -0.399 e. The van der Waals surface area contributed by atoms with Crippen LogP contribution in [0.3, 0.4) is 0 Å². The summed E-state index contributed by atoms with van der Waals surface area (Å²) < 4.78 is 11.1. The molecule has 0 saturated heterocycles. The molecule has 0 amide bonds. The molecule has 0 saturated carbocycles. The number of rotatable bonds is 7. The summed E-state index contributed by atoms with van der Waals surface area (Å²) in [5.74, 6) is 1.23. The van der Waals surface area contributed by atoms with Crippen LogP contribution >= 0.6 is 0 Å². The zero-order valence-electron chi connectivity index (χ0n) is 12.9. The van der Waals surface area contributed by atoms with Crippen molar-refractivity contribution in [2.45, 2.75) is 45.6 Å². The van der Waals surface area contributed by atoms with Gasteiger partial charge in [0, 0.05) is 18.7 Å². The molecule has 2 N–H and O–H groups in total. The fourth-order valence-corrected chi connectivity index (χ4v) is 2.22. The second-order valence-electron chi connectivity index (χ2n) is 5.23. The Bertz CT molecular complexity index is 582. The first-order valence-corrected chi connectivity index (χ1v) is 7.39. The van der Waals surface area contributed by atoms with Gasteiger partial charge in [-0.25, -0.2) is 0 Å². The van der Waals surface area contributed by atoms with Gasteiger partial charge in [-0.1, -0.05) is 30.3 Å². The Kier molecular flexibility index (Phi) is 4.96. The lowest BCUT2D eigenvalue weighted by molar-refractivity contribution is -0.0403. The van der Waals surface area contributed by atoms with Gasteiger partial charge < -0.3 is 15.0 Å². The quantitative estimate of drug-likeness (QED) is 0.793. The fourth-order valence-electron chi connectivity index (χ4n) is 2.22. The third-order valence-corrected chi connectivity index (χ3v) is 3.74. The van der Waals surface area contributed by atoms with Crippen molar-refractivity contribution in [3.8, 4) is 0 Å². The highest BCUT2D eigenvalue weighted by Gasteiger charge is 2.30. The number of anilines is 1. The Balaban J connectivity index is 2.05. The predicted molar refractivity (Wildman–Crippen MR) is 81.8 cm³/mol. The first kappa shape index (κ1) is 15.5. The molecule has 2 rings (SSSR count). The van der Waals surface area contributed by atoms with Gasteiger partial charge in [0.05, 0.1) is 0 Å². The van der Waals surface area contributed by atoms with Gasteiger partial charge in [0.2, 0.25) is 11.7 Å². The van der Waals surface area contributed by atoms with Crippen LogP contribution in [0.1, 0.15) is 44.5 Å². The van der Waals surface area contributed by atoms with E-state index in [4.69, 9.17) is 15.0 Å². The summed E-state index contributed by atoms with van der Waals surface area (Å²) >= 11 is 0. The zero-order valence-corrected chi connectivity index (χ0v) is 12.9. The Morgan fingerprint density at radius 3 is 2.67 bits per heavy atom. The van der Waals surface area contributed by atoms with Crippen LogP contribution in [0.4, 0.5) is 5.69 Å². The zero-order chi connectivity index (χ0) is 15.3. The number of ether oxygens (including phenoxy) is 1. The summed E-state index contributed by atoms with van der Waals surface area (Å²) in [5, 5.41) is 4.07. The molecule has 0 aliphatic carbocycles. The molecular formula is C16H23N3O2. The van der Waals surface area contributed by atoms with Crippen LogP contribution in [0.5, 0.6) is 0 Å². The van der Waals surface area contributed by atoms with Gasteiger partial charge in [0.1, 0.15) is 5.60 Å². The summed E-state index contributed by atoms with van der Waals surface area (Å²) in [6, 6.07) is 7.83. The number of nitrogens with two attached hydrogens (primary N) is 1. The minimum atomic E-state index is -0.484. The monoisotopic (exact) mass is 289 g/mol. The Morgan fingerprint density at radius 1 is 1.24 bits per heavy atom. The highest BCUT2D eigenvalue weighted by molar-refractivity contribution is 5.46. The maximum atomic E-state index is 5.93. The van der Waals surface area contributed by atoms with Crippen LogP contribution in [0, 0.1) is 0 Å². The van der Waals surface area contributed by atoms with E-state index in [1.807, 2.05) is 38.1 Å². The van der Waals surface area contributed by atoms with Crippen molar-refractivity contribution in [2.75, 3.05) is 12.3 Å². The Labute approximate surface area is 125 Å². The third kappa shape index (κ3) is 3.61.